The van der Waals surface area contributed by atoms with Gasteiger partial charge >= 0.3 is 21.6 Å². The minimum atomic E-state index is -4.98. The number of nitrogens with two attached hydrogens (primary N) is 2. The van der Waals surface area contributed by atoms with Crippen LogP contribution in [0.4, 0.5) is 0 Å². The number of amides is 1. The maximum Gasteiger partial charge on any atom is 0.473 e. The number of aliphatic carboxylic acids is 1. The van der Waals surface area contributed by atoms with Crippen molar-refractivity contribution in [2.24, 2.45) is 11.5 Å². The molecule has 36 nitrogen and oxygen atoms in total. The molecule has 6 fully saturated rings. The molecule has 2 unspecified atom stereocenters. The number of aliphatic hydroxyl groups excluding tert-OH is 14. The molecule has 6 rings (SSSR count). The topological polar surface area (TPSA) is 587 Å². The maximum atomic E-state index is 12.4. The van der Waals surface area contributed by atoms with E-state index in [2.05, 4.69) is 5.32 Å². The molecule has 22 N–H and O–H groups in total. The summed E-state index contributed by atoms with van der Waals surface area (Å²) in [6.45, 7) is -4.81. The van der Waals surface area contributed by atoms with E-state index in [0.29, 0.717) is 0 Å². The van der Waals surface area contributed by atoms with E-state index >= 15 is 0 Å². The molecule has 1 aliphatic carbocycles. The van der Waals surface area contributed by atoms with E-state index in [0.717, 1.165) is 0 Å². The lowest BCUT2D eigenvalue weighted by molar-refractivity contribution is -0.363. The van der Waals surface area contributed by atoms with Crippen molar-refractivity contribution in [1.82, 2.24) is 5.32 Å². The fourth-order valence-electron chi connectivity index (χ4n) is 8.47. The van der Waals surface area contributed by atoms with Crippen LogP contribution in [0.1, 0.15) is 6.42 Å². The lowest BCUT2D eigenvalue weighted by Gasteiger charge is -2.48. The van der Waals surface area contributed by atoms with Crippen molar-refractivity contribution >= 4 is 27.5 Å². The number of carboxylic acid groups (broad SMARTS) is 1. The maximum absolute atomic E-state index is 12.4. The average molecular weight is 1130 g/mol. The van der Waals surface area contributed by atoms with Crippen LogP contribution in [0, 0.1) is 0 Å². The normalized spacial score (nSPS) is 48.1. The molecule has 1 amide bonds. The van der Waals surface area contributed by atoms with Crippen molar-refractivity contribution in [2.45, 2.75) is 172 Å². The lowest BCUT2D eigenvalue weighted by Crippen LogP contribution is -2.69. The van der Waals surface area contributed by atoms with E-state index in [9.17, 15) is 100.0 Å². The SMILES string of the molecule is N[C@H]1[C@@H](O[C@@H]2[C@@H](O)[C@H](O)[C@@H](O)[C@H]3OP(=O)(O)O[C@H]32)O[C@H](CO)[C@@H](O[C@H]2O[C@H](CO[C@H]3O[C@H](CO[C@H]4O[C@H](COP(=O)(O)OCCNC(=O)[C@@H](N)CC(=O)O)[C@@H](O)[C@H](O)[C@@H]4O)[C@@H](O)[C@H](O)[C@@H]3O)[C@@H](O)[C@H](O)[C@@H]2O)[C@@H]1O. The molecule has 430 valence electrons. The Kier molecular flexibility index (Phi) is 21.2. The Morgan fingerprint density at radius 2 is 1.05 bits per heavy atom. The van der Waals surface area contributed by atoms with Gasteiger partial charge in [-0.25, -0.2) is 9.13 Å². The zero-order valence-corrected chi connectivity index (χ0v) is 40.0. The summed E-state index contributed by atoms with van der Waals surface area (Å²) < 4.78 is 88.4. The zero-order chi connectivity index (χ0) is 54.9. The van der Waals surface area contributed by atoms with Crippen molar-refractivity contribution < 1.29 is 161 Å². The molecule has 0 radical (unpaired) electrons. The van der Waals surface area contributed by atoms with E-state index < -0.39 is 239 Å². The minimum Gasteiger partial charge on any atom is -0.481 e. The summed E-state index contributed by atoms with van der Waals surface area (Å²) >= 11 is 0. The van der Waals surface area contributed by atoms with Gasteiger partial charge in [-0.1, -0.05) is 0 Å². The molecule has 0 aromatic heterocycles. The van der Waals surface area contributed by atoms with Crippen molar-refractivity contribution in [1.29, 1.82) is 0 Å². The highest BCUT2D eigenvalue weighted by Gasteiger charge is 2.61. The van der Waals surface area contributed by atoms with E-state index in [1.807, 2.05) is 0 Å². The molecular formula is C36H63N3O33P2. The molecule has 5 heterocycles. The third-order valence-electron chi connectivity index (χ3n) is 12.7. The van der Waals surface area contributed by atoms with E-state index in [-0.39, 0.29) is 0 Å². The number of ether oxygens (including phenoxy) is 8. The number of hydrogen-bond acceptors (Lipinski definition) is 32. The summed E-state index contributed by atoms with van der Waals surface area (Å²) in [6, 6.07) is -3.13. The second kappa shape index (κ2) is 25.5. The van der Waals surface area contributed by atoms with Gasteiger partial charge in [0.05, 0.1) is 51.5 Å². The van der Waals surface area contributed by atoms with Crippen molar-refractivity contribution in [2.75, 3.05) is 39.6 Å². The van der Waals surface area contributed by atoms with Gasteiger partial charge in [-0.3, -0.25) is 27.7 Å². The Morgan fingerprint density at radius 1 is 0.595 bits per heavy atom. The predicted molar refractivity (Wildman–Crippen MR) is 224 cm³/mol. The standard InChI is InChI=1S/C36H63N3O33P2/c37-8(3-13(41)42)32(56)39-1-2-63-73(57,58)64-7-12-17(45)20(48)26(54)35(67-12)61-5-10-15(43)19(47)25(53)34(66-10)62-6-11-16(44)21(49)27(55)36(68-11)69-28-9(4-40)65-33(14(38)18(28)46)70-29-23(51)22(50)24(52)30-31(29)72-74(59,60)71-30/h8-12,14-31,33-36,40,43-55H,1-7,37-38H2,(H,39,56)(H,41,42)(H,57,58)(H,59,60)/t8-,9+,10+,11+,12+,14+,15+,16+,17+,18+,19-,20-,21-,22-,23-,24+,25-,26-,27-,28+,29+,30+,31-,33+,34-,35-,36+/m0/s1. The molecule has 0 spiro atoms. The summed E-state index contributed by atoms with van der Waals surface area (Å²) in [6.07, 6.45) is -48.4. The molecule has 6 aliphatic rings. The summed E-state index contributed by atoms with van der Waals surface area (Å²) in [7, 11) is -9.79. The number of nitrogens with one attached hydrogen (secondary N) is 1. The van der Waals surface area contributed by atoms with Crippen LogP contribution in [0.25, 0.3) is 0 Å². The molecule has 29 atom stereocenters. The first kappa shape index (κ1) is 61.4. The molecule has 74 heavy (non-hydrogen) atoms. The predicted octanol–water partition coefficient (Wildman–Crippen LogP) is -12.3. The van der Waals surface area contributed by atoms with Crippen molar-refractivity contribution in [3.63, 3.8) is 0 Å². The number of hydrogen-bond donors (Lipinski definition) is 20. The van der Waals surface area contributed by atoms with Gasteiger partial charge in [-0.05, 0) is 0 Å². The molecule has 0 bridgehead atoms. The second-order valence-corrected chi connectivity index (χ2v) is 20.7. The highest BCUT2D eigenvalue weighted by Crippen LogP contribution is 2.56. The first-order chi connectivity index (χ1) is 34.6. The van der Waals surface area contributed by atoms with Crippen LogP contribution in [0.5, 0.6) is 0 Å². The van der Waals surface area contributed by atoms with Gasteiger partial charge in [0, 0.05) is 6.54 Å². The Hall–Kier alpha value is -1.80. The highest BCUT2D eigenvalue weighted by atomic mass is 31.2. The lowest BCUT2D eigenvalue weighted by atomic mass is 9.84. The minimum absolute atomic E-state index is 0.422. The molecule has 0 aromatic carbocycles. The smallest absolute Gasteiger partial charge is 0.473 e. The highest BCUT2D eigenvalue weighted by molar-refractivity contribution is 7.47. The third-order valence-corrected chi connectivity index (χ3v) is 14.7. The molecule has 5 aliphatic heterocycles. The Bertz CT molecular complexity index is 1950. The van der Waals surface area contributed by atoms with Crippen LogP contribution in [-0.2, 0) is 74.7 Å². The fraction of sp³-hybridized carbons (Fsp3) is 0.944. The van der Waals surface area contributed by atoms with Gasteiger partial charge in [0.2, 0.25) is 5.91 Å². The van der Waals surface area contributed by atoms with Crippen LogP contribution < -0.4 is 16.8 Å². The number of fused-ring (bicyclic) bond motifs is 1. The first-order valence-corrected chi connectivity index (χ1v) is 25.5. The largest absolute Gasteiger partial charge is 0.481 e. The summed E-state index contributed by atoms with van der Waals surface area (Å²) in [5.74, 6) is -2.26. The quantitative estimate of drug-likeness (QED) is 0.0375. The fourth-order valence-corrected chi connectivity index (χ4v) is 10.4. The second-order valence-electron chi connectivity index (χ2n) is 17.9. The summed E-state index contributed by atoms with van der Waals surface area (Å²) in [5, 5.41) is 160. The average Bonchev–Trinajstić information content (AvgIpc) is 3.68. The third kappa shape index (κ3) is 14.1. The van der Waals surface area contributed by atoms with Gasteiger partial charge in [0.15, 0.2) is 25.2 Å². The number of carbonyl (C=O) groups excluding carboxylic acids is 1. The van der Waals surface area contributed by atoms with Crippen molar-refractivity contribution in [3.05, 3.63) is 0 Å². The summed E-state index contributed by atoms with van der Waals surface area (Å²) in [4.78, 5) is 42.5. The summed E-state index contributed by atoms with van der Waals surface area (Å²) in [5.41, 5.74) is 11.6. The number of aliphatic hydroxyl groups is 14. The van der Waals surface area contributed by atoms with E-state index in [1.54, 1.807) is 0 Å². The first-order valence-electron chi connectivity index (χ1n) is 22.5. The van der Waals surface area contributed by atoms with Crippen LogP contribution in [-0.4, -0.2) is 303 Å². The number of carbonyl (C=O) groups is 2. The van der Waals surface area contributed by atoms with Crippen LogP contribution in [0.15, 0.2) is 0 Å². The van der Waals surface area contributed by atoms with Gasteiger partial charge in [0.1, 0.15) is 128 Å². The molecule has 1 saturated carbocycles. The van der Waals surface area contributed by atoms with E-state index in [1.165, 1.54) is 0 Å². The molecule has 5 saturated heterocycles. The molecule has 0 aromatic rings. The number of phosphoric acid groups is 2. The monoisotopic (exact) mass is 1130 g/mol. The number of rotatable bonds is 21. The Morgan fingerprint density at radius 3 is 1.58 bits per heavy atom. The van der Waals surface area contributed by atoms with Gasteiger partial charge < -0.3 is 141 Å². The molecule has 38 heteroatoms. The van der Waals surface area contributed by atoms with Gasteiger partial charge in [0.25, 0.3) is 0 Å². The Balaban J connectivity index is 1.02. The van der Waals surface area contributed by atoms with Crippen LogP contribution >= 0.6 is 15.6 Å². The van der Waals surface area contributed by atoms with Gasteiger partial charge in [-0.15, -0.1) is 0 Å². The van der Waals surface area contributed by atoms with Crippen LogP contribution in [0.2, 0.25) is 0 Å². The molecular weight excluding hydrogens is 1060 g/mol. The Labute approximate surface area is 416 Å². The number of carboxylic acids is 1. The van der Waals surface area contributed by atoms with Gasteiger partial charge in [-0.2, -0.15) is 0 Å². The van der Waals surface area contributed by atoms with Crippen molar-refractivity contribution in [3.8, 4) is 0 Å². The zero-order valence-electron chi connectivity index (χ0n) is 38.2. The van der Waals surface area contributed by atoms with E-state index in [4.69, 9.17) is 72.6 Å². The number of phosphoric ester groups is 2. The van der Waals surface area contributed by atoms with Crippen LogP contribution in [0.3, 0.4) is 0 Å².